The van der Waals surface area contributed by atoms with Gasteiger partial charge in [0.15, 0.2) is 0 Å². The Labute approximate surface area is 112 Å². The molecule has 19 heavy (non-hydrogen) atoms. The zero-order valence-corrected chi connectivity index (χ0v) is 10.8. The van der Waals surface area contributed by atoms with Crippen molar-refractivity contribution in [3.8, 4) is 5.88 Å². The molecule has 4 heteroatoms. The van der Waals surface area contributed by atoms with Gasteiger partial charge in [0.05, 0.1) is 7.11 Å². The number of fused-ring (bicyclic) bond motifs is 1. The summed E-state index contributed by atoms with van der Waals surface area (Å²) < 4.78 is 5.04. The van der Waals surface area contributed by atoms with Crippen LogP contribution in [0.2, 0.25) is 0 Å². The van der Waals surface area contributed by atoms with Crippen molar-refractivity contribution in [3.63, 3.8) is 0 Å². The molecule has 0 fully saturated rings. The molecule has 0 amide bonds. The van der Waals surface area contributed by atoms with Crippen molar-refractivity contribution in [2.45, 2.75) is 13.1 Å². The van der Waals surface area contributed by atoms with E-state index in [9.17, 15) is 0 Å². The van der Waals surface area contributed by atoms with Crippen molar-refractivity contribution in [1.82, 2.24) is 9.88 Å². The van der Waals surface area contributed by atoms with Gasteiger partial charge in [-0.1, -0.05) is 30.3 Å². The summed E-state index contributed by atoms with van der Waals surface area (Å²) in [6.45, 7) is 1.49. The van der Waals surface area contributed by atoms with Gasteiger partial charge in [0.1, 0.15) is 5.84 Å². The van der Waals surface area contributed by atoms with Gasteiger partial charge >= 0.3 is 0 Å². The summed E-state index contributed by atoms with van der Waals surface area (Å²) in [7, 11) is 1.61. The van der Waals surface area contributed by atoms with Crippen LogP contribution < -0.4 is 4.74 Å². The van der Waals surface area contributed by atoms with Crippen LogP contribution in [-0.4, -0.2) is 22.8 Å². The molecule has 0 bridgehead atoms. The third-order valence-corrected chi connectivity index (χ3v) is 3.33. The minimum Gasteiger partial charge on any atom is -0.481 e. The molecule has 1 aromatic carbocycles. The predicted octanol–water partition coefficient (Wildman–Crippen LogP) is 2.43. The zero-order valence-electron chi connectivity index (χ0n) is 10.8. The Morgan fingerprint density at radius 3 is 2.79 bits per heavy atom. The van der Waals surface area contributed by atoms with Gasteiger partial charge in [0, 0.05) is 30.9 Å². The van der Waals surface area contributed by atoms with Crippen LogP contribution in [-0.2, 0) is 13.1 Å². The molecule has 0 aliphatic carbocycles. The molecule has 1 aliphatic heterocycles. The Kier molecular flexibility index (Phi) is 2.91. The molecule has 0 saturated heterocycles. The van der Waals surface area contributed by atoms with Crippen molar-refractivity contribution in [3.05, 3.63) is 59.3 Å². The fourth-order valence-electron chi connectivity index (χ4n) is 2.32. The van der Waals surface area contributed by atoms with E-state index < -0.39 is 0 Å². The number of pyridine rings is 1. The maximum atomic E-state index is 8.20. The second kappa shape index (κ2) is 4.72. The van der Waals surface area contributed by atoms with Crippen molar-refractivity contribution < 1.29 is 4.74 Å². The molecule has 0 radical (unpaired) electrons. The lowest BCUT2D eigenvalue weighted by molar-refractivity contribution is 0.394. The van der Waals surface area contributed by atoms with E-state index in [0.29, 0.717) is 18.3 Å². The number of benzene rings is 1. The number of nitrogens with zero attached hydrogens (tertiary/aromatic N) is 2. The van der Waals surface area contributed by atoms with Gasteiger partial charge in [-0.15, -0.1) is 0 Å². The van der Waals surface area contributed by atoms with Gasteiger partial charge in [0.25, 0.3) is 0 Å². The van der Waals surface area contributed by atoms with E-state index in [1.165, 1.54) is 5.56 Å². The molecule has 96 valence electrons. The first-order valence-electron chi connectivity index (χ1n) is 6.18. The number of aromatic nitrogens is 1. The summed E-state index contributed by atoms with van der Waals surface area (Å²) in [5, 5.41) is 8.20. The molecule has 1 aromatic heterocycles. The normalized spacial score (nSPS) is 13.5. The van der Waals surface area contributed by atoms with Gasteiger partial charge in [-0.2, -0.15) is 0 Å². The number of hydrogen-bond acceptors (Lipinski definition) is 3. The van der Waals surface area contributed by atoms with Crippen molar-refractivity contribution in [1.29, 1.82) is 5.41 Å². The Balaban J connectivity index is 1.77. The fraction of sp³-hybridized carbons (Fsp3) is 0.200. The second-order valence-electron chi connectivity index (χ2n) is 4.57. The summed E-state index contributed by atoms with van der Waals surface area (Å²) in [6.07, 6.45) is 1.80. The summed E-state index contributed by atoms with van der Waals surface area (Å²) in [5.74, 6) is 1.20. The summed E-state index contributed by atoms with van der Waals surface area (Å²) >= 11 is 0. The molecule has 2 heterocycles. The lowest BCUT2D eigenvalue weighted by Crippen LogP contribution is -2.23. The maximum absolute atomic E-state index is 8.20. The quantitative estimate of drug-likeness (QED) is 0.914. The Bertz CT molecular complexity index is 607. The van der Waals surface area contributed by atoms with E-state index >= 15 is 0 Å². The first kappa shape index (κ1) is 11.7. The van der Waals surface area contributed by atoms with E-state index in [2.05, 4.69) is 11.1 Å². The van der Waals surface area contributed by atoms with Crippen molar-refractivity contribution in [2.75, 3.05) is 7.11 Å². The summed E-state index contributed by atoms with van der Waals surface area (Å²) in [4.78, 5) is 6.24. The highest BCUT2D eigenvalue weighted by atomic mass is 16.5. The standard InChI is InChI=1S/C15H15N3O/c1-19-14-7-6-11(8-17-14)9-18-10-12-4-2-3-5-13(12)15(18)16/h2-8,16H,9-10H2,1H3. The monoisotopic (exact) mass is 253 g/mol. The molecule has 2 aromatic rings. The van der Waals surface area contributed by atoms with Gasteiger partial charge in [0.2, 0.25) is 5.88 Å². The first-order valence-corrected chi connectivity index (χ1v) is 6.18. The van der Waals surface area contributed by atoms with Crippen molar-refractivity contribution in [2.24, 2.45) is 0 Å². The average Bonchev–Trinajstić information content (AvgIpc) is 2.77. The molecule has 0 spiro atoms. The molecule has 0 atom stereocenters. The first-order chi connectivity index (χ1) is 9.28. The largest absolute Gasteiger partial charge is 0.481 e. The topological polar surface area (TPSA) is 49.2 Å². The summed E-state index contributed by atoms with van der Waals surface area (Å²) in [5.41, 5.74) is 3.33. The number of ether oxygens (including phenoxy) is 1. The lowest BCUT2D eigenvalue weighted by atomic mass is 10.1. The molecular weight excluding hydrogens is 238 g/mol. The van der Waals surface area contributed by atoms with Crippen LogP contribution in [0, 0.1) is 5.41 Å². The van der Waals surface area contributed by atoms with Crippen molar-refractivity contribution >= 4 is 5.84 Å². The number of hydrogen-bond donors (Lipinski definition) is 1. The highest BCUT2D eigenvalue weighted by molar-refractivity contribution is 6.00. The van der Waals surface area contributed by atoms with Crippen LogP contribution in [0.3, 0.4) is 0 Å². The molecule has 0 unspecified atom stereocenters. The minimum atomic E-state index is 0.589. The van der Waals surface area contributed by atoms with Crippen LogP contribution in [0.4, 0.5) is 0 Å². The smallest absolute Gasteiger partial charge is 0.212 e. The third kappa shape index (κ3) is 2.17. The third-order valence-electron chi connectivity index (χ3n) is 3.33. The second-order valence-corrected chi connectivity index (χ2v) is 4.57. The Morgan fingerprint density at radius 1 is 1.26 bits per heavy atom. The number of amidine groups is 1. The van der Waals surface area contributed by atoms with Crippen LogP contribution in [0.15, 0.2) is 42.6 Å². The van der Waals surface area contributed by atoms with Crippen LogP contribution >= 0.6 is 0 Å². The molecule has 4 nitrogen and oxygen atoms in total. The van der Waals surface area contributed by atoms with E-state index in [1.54, 1.807) is 13.3 Å². The predicted molar refractivity (Wildman–Crippen MR) is 73.3 cm³/mol. The average molecular weight is 253 g/mol. The van der Waals surface area contributed by atoms with E-state index in [-0.39, 0.29) is 0 Å². The minimum absolute atomic E-state index is 0.589. The van der Waals surface area contributed by atoms with Crippen LogP contribution in [0.25, 0.3) is 0 Å². The molecule has 1 N–H and O–H groups in total. The summed E-state index contributed by atoms with van der Waals surface area (Å²) in [6, 6.07) is 11.9. The number of rotatable bonds is 3. The van der Waals surface area contributed by atoms with Crippen LogP contribution in [0.5, 0.6) is 5.88 Å². The fourth-order valence-corrected chi connectivity index (χ4v) is 2.32. The Hall–Kier alpha value is -2.36. The van der Waals surface area contributed by atoms with Gasteiger partial charge in [-0.25, -0.2) is 4.98 Å². The highest BCUT2D eigenvalue weighted by Crippen LogP contribution is 2.24. The SMILES string of the molecule is COc1ccc(CN2Cc3ccccc3C2=N)cn1. The van der Waals surface area contributed by atoms with E-state index in [4.69, 9.17) is 10.1 Å². The Morgan fingerprint density at radius 2 is 2.11 bits per heavy atom. The molecule has 1 aliphatic rings. The molecular formula is C15H15N3O. The van der Waals surface area contributed by atoms with Gasteiger partial charge in [-0.3, -0.25) is 5.41 Å². The number of methoxy groups -OCH3 is 1. The van der Waals surface area contributed by atoms with E-state index in [0.717, 1.165) is 17.7 Å². The van der Waals surface area contributed by atoms with E-state index in [1.807, 2.05) is 35.2 Å². The zero-order chi connectivity index (χ0) is 13.2. The molecule has 3 rings (SSSR count). The van der Waals surface area contributed by atoms with Crippen LogP contribution in [0.1, 0.15) is 16.7 Å². The lowest BCUT2D eigenvalue weighted by Gasteiger charge is -2.17. The maximum Gasteiger partial charge on any atom is 0.212 e. The highest BCUT2D eigenvalue weighted by Gasteiger charge is 2.23. The number of nitrogens with one attached hydrogen (secondary N) is 1. The molecule has 0 saturated carbocycles. The van der Waals surface area contributed by atoms with Gasteiger partial charge < -0.3 is 9.64 Å². The van der Waals surface area contributed by atoms with Gasteiger partial charge in [-0.05, 0) is 11.1 Å².